The standard InChI is InChI=1S/C17H25NO5/c1-9-7-18(3)8-11(20)14(9)16-13(23-5)6-12(22-4)15(10(2)19)17(16)21/h6,9,11,14,20-21H,7-8H2,1-5H3/t9-,11-,14+/m1/s1. The number of aliphatic hydroxyl groups is 1. The number of rotatable bonds is 4. The van der Waals surface area contributed by atoms with Crippen molar-refractivity contribution in [2.24, 2.45) is 5.92 Å². The van der Waals surface area contributed by atoms with E-state index in [-0.39, 0.29) is 34.7 Å². The van der Waals surface area contributed by atoms with Crippen LogP contribution < -0.4 is 9.47 Å². The van der Waals surface area contributed by atoms with Crippen LogP contribution in [0.2, 0.25) is 0 Å². The van der Waals surface area contributed by atoms with Crippen LogP contribution in [0.25, 0.3) is 0 Å². The van der Waals surface area contributed by atoms with Crippen LogP contribution in [0, 0.1) is 5.92 Å². The third-order valence-corrected chi connectivity index (χ3v) is 4.52. The second-order valence-corrected chi connectivity index (χ2v) is 6.27. The average Bonchev–Trinajstić information content (AvgIpc) is 2.46. The normalized spacial score (nSPS) is 25.2. The highest BCUT2D eigenvalue weighted by molar-refractivity contribution is 6.00. The maximum atomic E-state index is 11.9. The minimum Gasteiger partial charge on any atom is -0.507 e. The molecule has 1 saturated heterocycles. The summed E-state index contributed by atoms with van der Waals surface area (Å²) in [6.45, 7) is 4.67. The number of phenolic OH excluding ortho intramolecular Hbond substituents is 1. The Morgan fingerprint density at radius 3 is 2.35 bits per heavy atom. The van der Waals surface area contributed by atoms with Crippen molar-refractivity contribution in [1.29, 1.82) is 0 Å². The van der Waals surface area contributed by atoms with E-state index in [9.17, 15) is 15.0 Å². The highest BCUT2D eigenvalue weighted by Crippen LogP contribution is 2.47. The Labute approximate surface area is 136 Å². The SMILES string of the molecule is COc1cc(OC)c([C@H]2[C@H](C)CN(C)C[C@H]2O)c(O)c1C(C)=O. The lowest BCUT2D eigenvalue weighted by molar-refractivity contribution is 0.0331. The van der Waals surface area contributed by atoms with Crippen LogP contribution in [0.1, 0.15) is 35.7 Å². The largest absolute Gasteiger partial charge is 0.507 e. The van der Waals surface area contributed by atoms with Gasteiger partial charge in [-0.2, -0.15) is 0 Å². The van der Waals surface area contributed by atoms with Gasteiger partial charge in [-0.15, -0.1) is 0 Å². The van der Waals surface area contributed by atoms with E-state index in [1.165, 1.54) is 21.1 Å². The van der Waals surface area contributed by atoms with Gasteiger partial charge in [0, 0.05) is 30.6 Å². The van der Waals surface area contributed by atoms with Gasteiger partial charge in [0.1, 0.15) is 22.8 Å². The molecule has 0 radical (unpaired) electrons. The molecule has 6 heteroatoms. The predicted octanol–water partition coefficient (Wildman–Crippen LogP) is 1.64. The lowest BCUT2D eigenvalue weighted by Gasteiger charge is -2.39. The number of carbonyl (C=O) groups is 1. The monoisotopic (exact) mass is 323 g/mol. The highest BCUT2D eigenvalue weighted by Gasteiger charge is 2.38. The molecule has 2 N–H and O–H groups in total. The van der Waals surface area contributed by atoms with Crippen molar-refractivity contribution in [2.75, 3.05) is 34.4 Å². The molecule has 1 aliphatic heterocycles. The van der Waals surface area contributed by atoms with E-state index in [0.29, 0.717) is 17.9 Å². The number of piperidine rings is 1. The second kappa shape index (κ2) is 6.76. The van der Waals surface area contributed by atoms with Crippen LogP contribution in [0.4, 0.5) is 0 Å². The molecule has 1 fully saturated rings. The Balaban J connectivity index is 2.65. The molecule has 23 heavy (non-hydrogen) atoms. The van der Waals surface area contributed by atoms with Gasteiger partial charge in [0.2, 0.25) is 0 Å². The van der Waals surface area contributed by atoms with Crippen LogP contribution in [0.15, 0.2) is 6.07 Å². The molecule has 128 valence electrons. The van der Waals surface area contributed by atoms with Crippen molar-refractivity contribution in [3.8, 4) is 17.2 Å². The maximum absolute atomic E-state index is 11.9. The number of likely N-dealkylation sites (N-methyl/N-ethyl adjacent to an activating group) is 1. The Morgan fingerprint density at radius 1 is 1.26 bits per heavy atom. The molecule has 0 aliphatic carbocycles. The Bertz CT molecular complexity index is 589. The molecule has 3 atom stereocenters. The average molecular weight is 323 g/mol. The number of hydrogen-bond acceptors (Lipinski definition) is 6. The van der Waals surface area contributed by atoms with Crippen LogP contribution >= 0.6 is 0 Å². The fourth-order valence-electron chi connectivity index (χ4n) is 3.60. The molecular weight excluding hydrogens is 298 g/mol. The van der Waals surface area contributed by atoms with Crippen LogP contribution in [0.5, 0.6) is 17.2 Å². The molecule has 0 unspecified atom stereocenters. The van der Waals surface area contributed by atoms with Crippen molar-refractivity contribution in [3.63, 3.8) is 0 Å². The Kier molecular flexibility index (Phi) is 5.16. The van der Waals surface area contributed by atoms with Gasteiger partial charge in [-0.3, -0.25) is 4.79 Å². The molecule has 0 bridgehead atoms. The van der Waals surface area contributed by atoms with Gasteiger partial charge in [0.25, 0.3) is 0 Å². The number of hydrogen-bond donors (Lipinski definition) is 2. The lowest BCUT2D eigenvalue weighted by Crippen LogP contribution is -2.45. The number of benzene rings is 1. The quantitative estimate of drug-likeness (QED) is 0.820. The zero-order valence-electron chi connectivity index (χ0n) is 14.3. The zero-order chi connectivity index (χ0) is 17.3. The number of nitrogens with zero attached hydrogens (tertiary/aromatic N) is 1. The minimum absolute atomic E-state index is 0.0942. The summed E-state index contributed by atoms with van der Waals surface area (Å²) in [5.74, 6) is 0.0184. The maximum Gasteiger partial charge on any atom is 0.167 e. The van der Waals surface area contributed by atoms with Gasteiger partial charge >= 0.3 is 0 Å². The van der Waals surface area contributed by atoms with Crippen LogP contribution in [0.3, 0.4) is 0 Å². The summed E-state index contributed by atoms with van der Waals surface area (Å²) in [5, 5.41) is 21.3. The molecule has 1 aromatic rings. The topological polar surface area (TPSA) is 79.2 Å². The third-order valence-electron chi connectivity index (χ3n) is 4.52. The summed E-state index contributed by atoms with van der Waals surface area (Å²) in [7, 11) is 4.88. The van der Waals surface area contributed by atoms with Crippen LogP contribution in [-0.4, -0.2) is 61.4 Å². The smallest absolute Gasteiger partial charge is 0.167 e. The fourth-order valence-corrected chi connectivity index (χ4v) is 3.60. The number of Topliss-reactive ketones (excluding diaryl/α,β-unsaturated/α-hetero) is 1. The Hall–Kier alpha value is -1.79. The number of phenols is 1. The van der Waals surface area contributed by atoms with Gasteiger partial charge in [0.05, 0.1) is 20.3 Å². The lowest BCUT2D eigenvalue weighted by atomic mass is 9.78. The first kappa shape index (κ1) is 17.6. The van der Waals surface area contributed by atoms with E-state index in [1.54, 1.807) is 6.07 Å². The number of aliphatic hydroxyl groups excluding tert-OH is 1. The summed E-state index contributed by atoms with van der Waals surface area (Å²) in [6.07, 6.45) is -0.656. The van der Waals surface area contributed by atoms with Crippen LogP contribution in [-0.2, 0) is 0 Å². The second-order valence-electron chi connectivity index (χ2n) is 6.27. The first-order chi connectivity index (χ1) is 10.8. The predicted molar refractivity (Wildman–Crippen MR) is 86.6 cm³/mol. The molecule has 0 aromatic heterocycles. The van der Waals surface area contributed by atoms with E-state index in [0.717, 1.165) is 6.54 Å². The summed E-state index contributed by atoms with van der Waals surface area (Å²) < 4.78 is 10.6. The third kappa shape index (κ3) is 3.14. The number of ether oxygens (including phenoxy) is 2. The van der Waals surface area contributed by atoms with E-state index in [4.69, 9.17) is 9.47 Å². The number of aromatic hydroxyl groups is 1. The molecule has 1 aromatic carbocycles. The van der Waals surface area contributed by atoms with Gasteiger partial charge < -0.3 is 24.6 Å². The van der Waals surface area contributed by atoms with Gasteiger partial charge in [0.15, 0.2) is 5.78 Å². The molecule has 0 amide bonds. The summed E-state index contributed by atoms with van der Waals surface area (Å²) >= 11 is 0. The summed E-state index contributed by atoms with van der Waals surface area (Å²) in [6, 6.07) is 1.60. The van der Waals surface area contributed by atoms with Crippen molar-refractivity contribution < 1.29 is 24.5 Å². The first-order valence-electron chi connectivity index (χ1n) is 7.67. The van der Waals surface area contributed by atoms with Gasteiger partial charge in [-0.25, -0.2) is 0 Å². The van der Waals surface area contributed by atoms with Crippen molar-refractivity contribution >= 4 is 5.78 Å². The summed E-state index contributed by atoms with van der Waals surface area (Å²) in [4.78, 5) is 14.0. The van der Waals surface area contributed by atoms with Gasteiger partial charge in [-0.1, -0.05) is 6.92 Å². The molecule has 0 spiro atoms. The number of carbonyl (C=O) groups excluding carboxylic acids is 1. The van der Waals surface area contributed by atoms with Gasteiger partial charge in [-0.05, 0) is 19.9 Å². The summed E-state index contributed by atoms with van der Waals surface area (Å²) in [5.41, 5.74) is 0.605. The number of methoxy groups -OCH3 is 2. The fraction of sp³-hybridized carbons (Fsp3) is 0.588. The Morgan fingerprint density at radius 2 is 1.87 bits per heavy atom. The molecule has 1 heterocycles. The molecular formula is C17H25NO5. The van der Waals surface area contributed by atoms with E-state index in [2.05, 4.69) is 0 Å². The van der Waals surface area contributed by atoms with Crippen molar-refractivity contribution in [2.45, 2.75) is 25.9 Å². The van der Waals surface area contributed by atoms with E-state index >= 15 is 0 Å². The van der Waals surface area contributed by atoms with Crippen molar-refractivity contribution in [1.82, 2.24) is 4.90 Å². The molecule has 6 nitrogen and oxygen atoms in total. The molecule has 2 rings (SSSR count). The van der Waals surface area contributed by atoms with E-state index < -0.39 is 6.10 Å². The van der Waals surface area contributed by atoms with E-state index in [1.807, 2.05) is 18.9 Å². The zero-order valence-corrected chi connectivity index (χ0v) is 14.3. The molecule has 0 saturated carbocycles. The number of likely N-dealkylation sites (tertiary alicyclic amines) is 1. The first-order valence-corrected chi connectivity index (χ1v) is 7.67. The van der Waals surface area contributed by atoms with Crippen molar-refractivity contribution in [3.05, 3.63) is 17.2 Å². The molecule has 1 aliphatic rings. The minimum atomic E-state index is -0.656. The number of ketones is 1. The highest BCUT2D eigenvalue weighted by atomic mass is 16.5. The number of β-amino-alcohol motifs (C(OH)–C–C–N with tert-alkyl or cyclic N) is 1.